The molecule has 0 atom stereocenters. The zero-order valence-corrected chi connectivity index (χ0v) is 20.6. The minimum absolute atomic E-state index is 0.00865. The van der Waals surface area contributed by atoms with Crippen LogP contribution in [-0.4, -0.2) is 73.5 Å². The second-order valence-electron chi connectivity index (χ2n) is 8.09. The maximum Gasteiger partial charge on any atom is 0.490 e. The number of alkyl halides is 3. The van der Waals surface area contributed by atoms with E-state index in [9.17, 15) is 35.2 Å². The van der Waals surface area contributed by atoms with Crippen molar-refractivity contribution in [3.05, 3.63) is 65.2 Å². The van der Waals surface area contributed by atoms with Crippen molar-refractivity contribution in [1.82, 2.24) is 14.5 Å². The summed E-state index contributed by atoms with van der Waals surface area (Å²) in [5.74, 6) is -5.24. The van der Waals surface area contributed by atoms with Gasteiger partial charge < -0.3 is 15.3 Å². The molecule has 37 heavy (non-hydrogen) atoms. The predicted molar refractivity (Wildman–Crippen MR) is 123 cm³/mol. The smallest absolute Gasteiger partial charge is 0.475 e. The Hall–Kier alpha value is -3.10. The van der Waals surface area contributed by atoms with Crippen LogP contribution in [-0.2, 0) is 26.2 Å². The molecule has 1 heterocycles. The van der Waals surface area contributed by atoms with Gasteiger partial charge in [0.05, 0.1) is 4.90 Å². The Morgan fingerprint density at radius 1 is 1.05 bits per heavy atom. The van der Waals surface area contributed by atoms with Gasteiger partial charge in [-0.15, -0.1) is 0 Å². The van der Waals surface area contributed by atoms with Crippen LogP contribution in [0.5, 0.6) is 0 Å². The van der Waals surface area contributed by atoms with E-state index in [1.165, 1.54) is 0 Å². The van der Waals surface area contributed by atoms with Crippen LogP contribution in [0.3, 0.4) is 0 Å². The first-order chi connectivity index (χ1) is 17.2. The van der Waals surface area contributed by atoms with Gasteiger partial charge in [-0.25, -0.2) is 22.0 Å². The van der Waals surface area contributed by atoms with Gasteiger partial charge in [0.15, 0.2) is 11.6 Å². The number of nitrogens with zero attached hydrogens (tertiary/aromatic N) is 2. The minimum Gasteiger partial charge on any atom is -0.475 e. The number of hydrogen-bond acceptors (Lipinski definition) is 5. The number of rotatable bonds is 7. The van der Waals surface area contributed by atoms with E-state index >= 15 is 0 Å². The van der Waals surface area contributed by atoms with E-state index in [0.29, 0.717) is 32.2 Å². The molecule has 0 unspecified atom stereocenters. The molecule has 2 N–H and O–H groups in total. The van der Waals surface area contributed by atoms with E-state index in [1.807, 2.05) is 25.1 Å². The third-order valence-corrected chi connectivity index (χ3v) is 7.10. The van der Waals surface area contributed by atoms with Crippen LogP contribution in [0, 0.1) is 18.6 Å². The lowest BCUT2D eigenvalue weighted by Crippen LogP contribution is -2.47. The van der Waals surface area contributed by atoms with Gasteiger partial charge in [-0.2, -0.15) is 17.5 Å². The average molecular weight is 552 g/mol. The summed E-state index contributed by atoms with van der Waals surface area (Å²) in [5.41, 5.74) is 1.71. The summed E-state index contributed by atoms with van der Waals surface area (Å²) < 4.78 is 86.2. The van der Waals surface area contributed by atoms with Crippen LogP contribution < -0.4 is 5.32 Å². The summed E-state index contributed by atoms with van der Waals surface area (Å²) in [7, 11) is -4.13. The molecule has 0 radical (unpaired) electrons. The molecule has 2 aromatic rings. The summed E-state index contributed by atoms with van der Waals surface area (Å²) in [4.78, 5) is 22.8. The van der Waals surface area contributed by atoms with Crippen molar-refractivity contribution in [2.24, 2.45) is 0 Å². The van der Waals surface area contributed by atoms with Gasteiger partial charge in [0.25, 0.3) is 0 Å². The molecule has 2 aromatic carbocycles. The van der Waals surface area contributed by atoms with E-state index in [-0.39, 0.29) is 30.3 Å². The van der Waals surface area contributed by atoms with Crippen LogP contribution in [0.1, 0.15) is 17.5 Å². The van der Waals surface area contributed by atoms with Crippen molar-refractivity contribution < 1.29 is 45.1 Å². The molecule has 204 valence electrons. The molecule has 0 aromatic heterocycles. The van der Waals surface area contributed by atoms with Gasteiger partial charge in [0, 0.05) is 45.7 Å². The van der Waals surface area contributed by atoms with E-state index in [2.05, 4.69) is 5.32 Å². The maximum absolute atomic E-state index is 13.7. The van der Waals surface area contributed by atoms with E-state index < -0.39 is 33.8 Å². The number of halogens is 5. The Balaban J connectivity index is 0.000000604. The highest BCUT2D eigenvalue weighted by molar-refractivity contribution is 7.89. The van der Waals surface area contributed by atoms with Crippen LogP contribution in [0.15, 0.2) is 47.4 Å². The van der Waals surface area contributed by atoms with Crippen molar-refractivity contribution in [3.8, 4) is 0 Å². The number of aliphatic carboxylic acids is 1. The first kappa shape index (κ1) is 30.1. The quantitative estimate of drug-likeness (QED) is 0.513. The molecule has 1 aliphatic rings. The predicted octanol–water partition coefficient (Wildman–Crippen LogP) is 2.92. The first-order valence-electron chi connectivity index (χ1n) is 11.0. The molecule has 1 saturated heterocycles. The summed E-state index contributed by atoms with van der Waals surface area (Å²) in [6, 6.07) is 9.86. The fourth-order valence-corrected chi connectivity index (χ4v) is 4.82. The van der Waals surface area contributed by atoms with Crippen molar-refractivity contribution >= 4 is 21.9 Å². The Kier molecular flexibility index (Phi) is 10.5. The van der Waals surface area contributed by atoms with Gasteiger partial charge in [-0.3, -0.25) is 4.79 Å². The second-order valence-corrected chi connectivity index (χ2v) is 10.0. The van der Waals surface area contributed by atoms with Crippen LogP contribution in [0.25, 0.3) is 0 Å². The number of carboxylic acids is 1. The fraction of sp³-hybridized carbons (Fsp3) is 0.391. The van der Waals surface area contributed by atoms with Crippen LogP contribution >= 0.6 is 0 Å². The SMILES string of the molecule is Cc1cccc(CN(CCC(=O)N2CCNCC2)S(=O)(=O)c2ccc(F)c(F)c2)c1.O=C(O)C(F)(F)F. The summed E-state index contributed by atoms with van der Waals surface area (Å²) in [6.07, 6.45) is -5.07. The number of sulfonamides is 1. The molecule has 0 bridgehead atoms. The third kappa shape index (κ3) is 9.05. The van der Waals surface area contributed by atoms with Gasteiger partial charge in [0.1, 0.15) is 0 Å². The standard InChI is InChI=1S/C21H25F2N3O3S.C2HF3O2/c1-16-3-2-4-17(13-16)15-26(10-7-21(27)25-11-8-24-9-12-25)30(28,29)18-5-6-19(22)20(23)14-18;3-2(4,5)1(6)7/h2-6,13-14,24H,7-12,15H2,1H3;(H,6,7). The Bertz CT molecular complexity index is 1200. The van der Waals surface area contributed by atoms with Crippen LogP contribution in [0.2, 0.25) is 0 Å². The number of carboxylic acid groups (broad SMARTS) is 1. The zero-order valence-electron chi connectivity index (χ0n) is 19.8. The van der Waals surface area contributed by atoms with Gasteiger partial charge >= 0.3 is 12.1 Å². The molecular weight excluding hydrogens is 525 g/mol. The highest BCUT2D eigenvalue weighted by atomic mass is 32.2. The van der Waals surface area contributed by atoms with Gasteiger partial charge in [-0.05, 0) is 30.7 Å². The highest BCUT2D eigenvalue weighted by Crippen LogP contribution is 2.22. The van der Waals surface area contributed by atoms with Crippen LogP contribution in [0.4, 0.5) is 22.0 Å². The largest absolute Gasteiger partial charge is 0.490 e. The normalized spacial score (nSPS) is 14.2. The Morgan fingerprint density at radius 3 is 2.22 bits per heavy atom. The number of piperazine rings is 1. The van der Waals surface area contributed by atoms with Gasteiger partial charge in [-0.1, -0.05) is 29.8 Å². The number of nitrogens with one attached hydrogen (secondary N) is 1. The molecule has 8 nitrogen and oxygen atoms in total. The summed E-state index contributed by atoms with van der Waals surface area (Å²) in [6.45, 7) is 4.42. The minimum atomic E-state index is -5.08. The summed E-state index contributed by atoms with van der Waals surface area (Å²) in [5, 5.41) is 10.3. The molecule has 14 heteroatoms. The highest BCUT2D eigenvalue weighted by Gasteiger charge is 2.38. The maximum atomic E-state index is 13.7. The molecule has 0 aliphatic carbocycles. The van der Waals surface area contributed by atoms with Crippen molar-refractivity contribution in [2.45, 2.75) is 31.0 Å². The molecule has 0 spiro atoms. The van der Waals surface area contributed by atoms with Crippen molar-refractivity contribution in [3.63, 3.8) is 0 Å². The van der Waals surface area contributed by atoms with E-state index in [0.717, 1.165) is 27.6 Å². The molecule has 1 fully saturated rings. The number of benzene rings is 2. The molecule has 1 aliphatic heterocycles. The number of carbonyl (C=O) groups excluding carboxylic acids is 1. The number of aryl methyl sites for hydroxylation is 1. The number of carbonyl (C=O) groups is 2. The average Bonchev–Trinajstić information content (AvgIpc) is 2.83. The molecule has 0 saturated carbocycles. The number of amides is 1. The second kappa shape index (κ2) is 12.9. The summed E-state index contributed by atoms with van der Waals surface area (Å²) >= 11 is 0. The fourth-order valence-electron chi connectivity index (χ4n) is 3.38. The third-order valence-electron chi connectivity index (χ3n) is 5.26. The van der Waals surface area contributed by atoms with E-state index in [4.69, 9.17) is 9.90 Å². The lowest BCUT2D eigenvalue weighted by molar-refractivity contribution is -0.192. The van der Waals surface area contributed by atoms with Gasteiger partial charge in [0.2, 0.25) is 15.9 Å². The first-order valence-corrected chi connectivity index (χ1v) is 12.4. The van der Waals surface area contributed by atoms with Crippen molar-refractivity contribution in [1.29, 1.82) is 0 Å². The van der Waals surface area contributed by atoms with E-state index in [1.54, 1.807) is 11.0 Å². The lowest BCUT2D eigenvalue weighted by Gasteiger charge is -2.29. The topological polar surface area (TPSA) is 107 Å². The Morgan fingerprint density at radius 2 is 1.68 bits per heavy atom. The molecule has 1 amide bonds. The lowest BCUT2D eigenvalue weighted by atomic mass is 10.1. The monoisotopic (exact) mass is 551 g/mol. The zero-order chi connectivity index (χ0) is 27.8. The Labute approximate surface area is 210 Å². The molecule has 3 rings (SSSR count). The number of hydrogen-bond donors (Lipinski definition) is 2. The van der Waals surface area contributed by atoms with Crippen molar-refractivity contribution in [2.75, 3.05) is 32.7 Å². The molecular formula is C23H26F5N3O5S.